The molecule has 2 aromatic heterocycles. The van der Waals surface area contributed by atoms with Crippen LogP contribution in [0, 0.1) is 13.8 Å². The van der Waals surface area contributed by atoms with Crippen molar-refractivity contribution >= 4 is 46.5 Å². The average Bonchev–Trinajstić information content (AvgIpc) is 3.12. The molecule has 0 amide bonds. The van der Waals surface area contributed by atoms with Crippen molar-refractivity contribution in [3.8, 4) is 0 Å². The Morgan fingerprint density at radius 1 is 1.07 bits per heavy atom. The summed E-state index contributed by atoms with van der Waals surface area (Å²) in [5.74, 6) is 2.05. The smallest absolute Gasteiger partial charge is 0.229 e. The second-order valence-corrected chi connectivity index (χ2v) is 8.66. The Bertz CT molecular complexity index is 1040. The zero-order valence-corrected chi connectivity index (χ0v) is 18.8. The van der Waals surface area contributed by atoms with Gasteiger partial charge in [0, 0.05) is 22.5 Å². The molecule has 0 aliphatic carbocycles. The number of hydrogen-bond donors (Lipinski definition) is 3. The van der Waals surface area contributed by atoms with Crippen LogP contribution in [0.25, 0.3) is 0 Å². The van der Waals surface area contributed by atoms with Crippen LogP contribution in [0.1, 0.15) is 35.6 Å². The van der Waals surface area contributed by atoms with Crippen LogP contribution < -0.4 is 10.6 Å². The van der Waals surface area contributed by atoms with Gasteiger partial charge >= 0.3 is 0 Å². The highest BCUT2D eigenvalue weighted by Gasteiger charge is 2.21. The van der Waals surface area contributed by atoms with E-state index in [1.807, 2.05) is 19.1 Å². The summed E-state index contributed by atoms with van der Waals surface area (Å²) in [4.78, 5) is 11.2. The molecule has 158 valence electrons. The van der Waals surface area contributed by atoms with Crippen molar-refractivity contribution in [2.75, 3.05) is 30.8 Å². The highest BCUT2D eigenvalue weighted by molar-refractivity contribution is 6.33. The number of piperidine rings is 1. The fourth-order valence-corrected chi connectivity index (χ4v) is 4.17. The molecule has 1 aliphatic heterocycles. The van der Waals surface area contributed by atoms with E-state index in [0.717, 1.165) is 47.9 Å². The van der Waals surface area contributed by atoms with Gasteiger partial charge in [0.2, 0.25) is 5.95 Å². The van der Waals surface area contributed by atoms with E-state index in [1.54, 1.807) is 6.20 Å². The third-order valence-corrected chi connectivity index (χ3v) is 6.05. The van der Waals surface area contributed by atoms with E-state index in [-0.39, 0.29) is 0 Å². The summed E-state index contributed by atoms with van der Waals surface area (Å²) >= 11 is 12.9. The number of nitrogens with zero attached hydrogens (tertiary/aromatic N) is 4. The summed E-state index contributed by atoms with van der Waals surface area (Å²) in [6.45, 7) is 6.20. The minimum absolute atomic E-state index is 0.411. The Hall–Kier alpha value is -2.35. The average molecular weight is 446 g/mol. The number of likely N-dealkylation sites (tertiary alicyclic amines) is 1. The molecule has 3 heterocycles. The number of rotatable bonds is 5. The monoisotopic (exact) mass is 445 g/mol. The first-order valence-electron chi connectivity index (χ1n) is 9.96. The largest absolute Gasteiger partial charge is 0.324 e. The normalized spacial score (nSPS) is 15.4. The first-order valence-corrected chi connectivity index (χ1v) is 10.7. The number of anilines is 4. The fourth-order valence-electron chi connectivity index (χ4n) is 3.71. The van der Waals surface area contributed by atoms with Crippen molar-refractivity contribution in [2.45, 2.75) is 32.6 Å². The van der Waals surface area contributed by atoms with Crippen molar-refractivity contribution in [1.29, 1.82) is 0 Å². The molecule has 1 aliphatic rings. The molecule has 0 bridgehead atoms. The van der Waals surface area contributed by atoms with Gasteiger partial charge in [0.1, 0.15) is 5.02 Å². The summed E-state index contributed by atoms with van der Waals surface area (Å²) in [5, 5.41) is 14.6. The van der Waals surface area contributed by atoms with E-state index in [0.29, 0.717) is 28.5 Å². The number of aromatic amines is 1. The number of nitrogens with one attached hydrogen (secondary N) is 3. The summed E-state index contributed by atoms with van der Waals surface area (Å²) in [6.07, 6.45) is 3.82. The van der Waals surface area contributed by atoms with Gasteiger partial charge in [-0.1, -0.05) is 29.3 Å². The van der Waals surface area contributed by atoms with Crippen LogP contribution in [0.2, 0.25) is 10.0 Å². The van der Waals surface area contributed by atoms with Crippen LogP contribution in [-0.4, -0.2) is 45.2 Å². The highest BCUT2D eigenvalue weighted by atomic mass is 35.5. The number of aryl methyl sites for hydroxylation is 2. The summed E-state index contributed by atoms with van der Waals surface area (Å²) in [7, 11) is 2.17. The van der Waals surface area contributed by atoms with Crippen molar-refractivity contribution in [3.05, 3.63) is 51.3 Å². The minimum atomic E-state index is 0.411. The number of benzene rings is 1. The van der Waals surface area contributed by atoms with E-state index < -0.39 is 0 Å². The molecular formula is C21H25Cl2N7. The molecule has 1 aromatic carbocycles. The standard InChI is InChI=1S/C21H25Cl2N7/c1-12-8-15(14-4-6-30(3)7-5-14)16(22)10-18(12)25-21-24-11-17(23)20(27-21)26-19-9-13(2)28-29-19/h8-11,14H,4-7H2,1-3H3,(H3,24,25,26,27,28,29). The molecule has 30 heavy (non-hydrogen) atoms. The van der Waals surface area contributed by atoms with E-state index in [9.17, 15) is 0 Å². The predicted octanol–water partition coefficient (Wildman–Crippen LogP) is 5.42. The first kappa shape index (κ1) is 20.9. The van der Waals surface area contributed by atoms with Crippen LogP contribution in [0.5, 0.6) is 0 Å². The predicted molar refractivity (Wildman–Crippen MR) is 123 cm³/mol. The second-order valence-electron chi connectivity index (χ2n) is 7.84. The molecular weight excluding hydrogens is 421 g/mol. The Balaban J connectivity index is 1.54. The fraction of sp³-hybridized carbons (Fsp3) is 0.381. The zero-order valence-electron chi connectivity index (χ0n) is 17.3. The summed E-state index contributed by atoms with van der Waals surface area (Å²) in [5.41, 5.74) is 4.14. The lowest BCUT2D eigenvalue weighted by Crippen LogP contribution is -2.29. The molecule has 7 nitrogen and oxygen atoms in total. The Kier molecular flexibility index (Phi) is 6.13. The first-order chi connectivity index (χ1) is 14.4. The molecule has 0 radical (unpaired) electrons. The van der Waals surface area contributed by atoms with Crippen LogP contribution in [0.3, 0.4) is 0 Å². The highest BCUT2D eigenvalue weighted by Crippen LogP contribution is 2.36. The van der Waals surface area contributed by atoms with Crippen molar-refractivity contribution in [2.24, 2.45) is 0 Å². The van der Waals surface area contributed by atoms with Gasteiger partial charge in [0.05, 0.1) is 6.20 Å². The van der Waals surface area contributed by atoms with Gasteiger partial charge in [0.15, 0.2) is 11.6 Å². The topological polar surface area (TPSA) is 81.8 Å². The van der Waals surface area contributed by atoms with Gasteiger partial charge in [-0.05, 0) is 69.9 Å². The Labute approximate surface area is 186 Å². The number of aromatic nitrogens is 4. The maximum Gasteiger partial charge on any atom is 0.229 e. The third-order valence-electron chi connectivity index (χ3n) is 5.45. The minimum Gasteiger partial charge on any atom is -0.324 e. The molecule has 4 rings (SSSR count). The van der Waals surface area contributed by atoms with Gasteiger partial charge in [-0.3, -0.25) is 5.10 Å². The molecule has 1 fully saturated rings. The number of hydrogen-bond acceptors (Lipinski definition) is 6. The van der Waals surface area contributed by atoms with Gasteiger partial charge in [0.25, 0.3) is 0 Å². The second kappa shape index (κ2) is 8.79. The van der Waals surface area contributed by atoms with E-state index in [2.05, 4.69) is 55.7 Å². The van der Waals surface area contributed by atoms with Crippen LogP contribution in [0.15, 0.2) is 24.4 Å². The molecule has 0 saturated carbocycles. The lowest BCUT2D eigenvalue weighted by Gasteiger charge is -2.30. The van der Waals surface area contributed by atoms with Crippen LogP contribution in [-0.2, 0) is 0 Å². The Morgan fingerprint density at radius 3 is 2.53 bits per heavy atom. The Morgan fingerprint density at radius 2 is 1.83 bits per heavy atom. The quantitative estimate of drug-likeness (QED) is 0.486. The lowest BCUT2D eigenvalue weighted by atomic mass is 9.88. The van der Waals surface area contributed by atoms with E-state index in [1.165, 1.54) is 5.56 Å². The van der Waals surface area contributed by atoms with E-state index >= 15 is 0 Å². The maximum absolute atomic E-state index is 6.66. The summed E-state index contributed by atoms with van der Waals surface area (Å²) < 4.78 is 0. The van der Waals surface area contributed by atoms with E-state index in [4.69, 9.17) is 23.2 Å². The molecule has 9 heteroatoms. The van der Waals surface area contributed by atoms with Crippen LogP contribution >= 0.6 is 23.2 Å². The third kappa shape index (κ3) is 4.69. The van der Waals surface area contributed by atoms with Crippen molar-refractivity contribution in [1.82, 2.24) is 25.1 Å². The molecule has 0 unspecified atom stereocenters. The van der Waals surface area contributed by atoms with Gasteiger partial charge in [-0.15, -0.1) is 0 Å². The zero-order chi connectivity index (χ0) is 21.3. The molecule has 1 saturated heterocycles. The van der Waals surface area contributed by atoms with Gasteiger partial charge in [-0.2, -0.15) is 10.1 Å². The SMILES string of the molecule is Cc1cc(Nc2nc(Nc3cc(Cl)c(C4CCN(C)CC4)cc3C)ncc2Cl)n[nH]1. The van der Waals surface area contributed by atoms with Crippen LogP contribution in [0.4, 0.5) is 23.3 Å². The molecule has 0 spiro atoms. The lowest BCUT2D eigenvalue weighted by molar-refractivity contribution is 0.255. The number of H-pyrrole nitrogens is 1. The molecule has 3 aromatic rings. The van der Waals surface area contributed by atoms with Crippen molar-refractivity contribution in [3.63, 3.8) is 0 Å². The number of halogens is 2. The van der Waals surface area contributed by atoms with Gasteiger partial charge in [-0.25, -0.2) is 4.98 Å². The maximum atomic E-state index is 6.66. The summed E-state index contributed by atoms with van der Waals surface area (Å²) in [6, 6.07) is 6.02. The van der Waals surface area contributed by atoms with Gasteiger partial charge < -0.3 is 15.5 Å². The molecule has 3 N–H and O–H groups in total. The molecule has 0 atom stereocenters. The van der Waals surface area contributed by atoms with Crippen molar-refractivity contribution < 1.29 is 0 Å².